The molecule has 1 aliphatic rings. The second-order valence-corrected chi connectivity index (χ2v) is 4.44. The Morgan fingerprint density at radius 2 is 2.38 bits per heavy atom. The predicted octanol–water partition coefficient (Wildman–Crippen LogP) is 1.89. The molecule has 1 aromatic rings. The van der Waals surface area contributed by atoms with Crippen LogP contribution in [0.15, 0.2) is 22.9 Å². The molecule has 0 spiro atoms. The van der Waals surface area contributed by atoms with Gasteiger partial charge in [-0.05, 0) is 47.3 Å². The number of nitrogens with zero attached hydrogens (tertiary/aromatic N) is 1. The number of rotatable bonds is 2. The van der Waals surface area contributed by atoms with Gasteiger partial charge >= 0.3 is 0 Å². The average Bonchev–Trinajstić information content (AvgIpc) is 2.48. The number of amides is 1. The van der Waals surface area contributed by atoms with Crippen molar-refractivity contribution in [3.8, 4) is 5.75 Å². The van der Waals surface area contributed by atoms with E-state index in [2.05, 4.69) is 26.2 Å². The summed E-state index contributed by atoms with van der Waals surface area (Å²) in [7, 11) is 0. The molecule has 1 aliphatic heterocycles. The zero-order valence-corrected chi connectivity index (χ0v) is 10.4. The smallest absolute Gasteiger partial charge is 0.261 e. The van der Waals surface area contributed by atoms with Gasteiger partial charge in [-0.15, -0.1) is 0 Å². The van der Waals surface area contributed by atoms with Crippen molar-refractivity contribution in [2.45, 2.75) is 25.4 Å². The number of carbonyl (C=O) groups excluding carboxylic acids is 1. The van der Waals surface area contributed by atoms with Crippen LogP contribution in [0.1, 0.15) is 19.3 Å². The molecular formula is C11H13BrN2O2. The van der Waals surface area contributed by atoms with Crippen LogP contribution < -0.4 is 10.1 Å². The Labute approximate surface area is 103 Å². The molecule has 0 aromatic carbocycles. The molecule has 4 nitrogen and oxygen atoms in total. The monoisotopic (exact) mass is 284 g/mol. The van der Waals surface area contributed by atoms with Crippen LogP contribution in [0, 0.1) is 0 Å². The van der Waals surface area contributed by atoms with Gasteiger partial charge in [0, 0.05) is 12.7 Å². The summed E-state index contributed by atoms with van der Waals surface area (Å²) in [5.74, 6) is 0.581. The molecule has 2 rings (SSSR count). The SMILES string of the molecule is O=C1NCCCCC1Oc1cccnc1Br. The predicted molar refractivity (Wildman–Crippen MR) is 63.2 cm³/mol. The number of aromatic nitrogens is 1. The van der Waals surface area contributed by atoms with Crippen LogP contribution in [0.5, 0.6) is 5.75 Å². The molecule has 1 N–H and O–H groups in total. The first-order chi connectivity index (χ1) is 7.77. The Morgan fingerprint density at radius 3 is 3.19 bits per heavy atom. The van der Waals surface area contributed by atoms with Gasteiger partial charge in [0.25, 0.3) is 5.91 Å². The van der Waals surface area contributed by atoms with E-state index in [1.807, 2.05) is 0 Å². The van der Waals surface area contributed by atoms with E-state index in [-0.39, 0.29) is 5.91 Å². The summed E-state index contributed by atoms with van der Waals surface area (Å²) in [6.07, 6.45) is 4.04. The number of hydrogen-bond acceptors (Lipinski definition) is 3. The Morgan fingerprint density at radius 1 is 1.50 bits per heavy atom. The molecule has 5 heteroatoms. The quantitative estimate of drug-likeness (QED) is 0.844. The Bertz CT molecular complexity index is 384. The summed E-state index contributed by atoms with van der Waals surface area (Å²) in [6.45, 7) is 0.743. The van der Waals surface area contributed by atoms with E-state index in [0.717, 1.165) is 25.8 Å². The van der Waals surface area contributed by atoms with E-state index >= 15 is 0 Å². The summed E-state index contributed by atoms with van der Waals surface area (Å²) in [5, 5.41) is 2.83. The summed E-state index contributed by atoms with van der Waals surface area (Å²) < 4.78 is 6.29. The van der Waals surface area contributed by atoms with E-state index < -0.39 is 6.10 Å². The molecule has 0 bridgehead atoms. The molecule has 1 fully saturated rings. The molecule has 1 amide bonds. The zero-order valence-electron chi connectivity index (χ0n) is 8.78. The Balaban J connectivity index is 2.08. The molecular weight excluding hydrogens is 272 g/mol. The third-order valence-corrected chi connectivity index (χ3v) is 3.07. The second-order valence-electron chi connectivity index (χ2n) is 3.69. The highest BCUT2D eigenvalue weighted by molar-refractivity contribution is 9.10. The van der Waals surface area contributed by atoms with Gasteiger partial charge in [-0.2, -0.15) is 0 Å². The van der Waals surface area contributed by atoms with Crippen molar-refractivity contribution >= 4 is 21.8 Å². The maximum Gasteiger partial charge on any atom is 0.261 e. The van der Waals surface area contributed by atoms with Crippen LogP contribution in [-0.4, -0.2) is 23.5 Å². The fourth-order valence-corrected chi connectivity index (χ4v) is 1.98. The zero-order chi connectivity index (χ0) is 11.4. The number of ether oxygens (including phenoxy) is 1. The van der Waals surface area contributed by atoms with Crippen molar-refractivity contribution in [2.75, 3.05) is 6.54 Å². The van der Waals surface area contributed by atoms with Crippen LogP contribution in [0.2, 0.25) is 0 Å². The molecule has 86 valence electrons. The number of hydrogen-bond donors (Lipinski definition) is 1. The highest BCUT2D eigenvalue weighted by Crippen LogP contribution is 2.23. The van der Waals surface area contributed by atoms with Gasteiger partial charge in [0.2, 0.25) is 0 Å². The number of pyridine rings is 1. The van der Waals surface area contributed by atoms with Crippen LogP contribution in [0.25, 0.3) is 0 Å². The minimum absolute atomic E-state index is 0.0340. The van der Waals surface area contributed by atoms with Gasteiger partial charge in [-0.3, -0.25) is 4.79 Å². The standard InChI is InChI=1S/C11H13BrN2O2/c12-10-8(5-3-7-13-10)16-9-4-1-2-6-14-11(9)15/h3,5,7,9H,1-2,4,6H2,(H,14,15). The van der Waals surface area contributed by atoms with E-state index in [1.165, 1.54) is 0 Å². The largest absolute Gasteiger partial charge is 0.478 e. The number of halogens is 1. The first-order valence-electron chi connectivity index (χ1n) is 5.32. The molecule has 1 unspecified atom stereocenters. The fourth-order valence-electron chi connectivity index (χ4n) is 1.64. The van der Waals surface area contributed by atoms with Crippen LogP contribution in [0.3, 0.4) is 0 Å². The van der Waals surface area contributed by atoms with Gasteiger partial charge in [0.1, 0.15) is 4.60 Å². The van der Waals surface area contributed by atoms with E-state index in [4.69, 9.17) is 4.74 Å². The lowest BCUT2D eigenvalue weighted by atomic mass is 10.2. The molecule has 0 radical (unpaired) electrons. The first kappa shape index (κ1) is 11.4. The summed E-state index contributed by atoms with van der Waals surface area (Å²) >= 11 is 3.29. The highest BCUT2D eigenvalue weighted by Gasteiger charge is 2.22. The second kappa shape index (κ2) is 5.30. The van der Waals surface area contributed by atoms with Gasteiger partial charge in [0.05, 0.1) is 0 Å². The minimum atomic E-state index is -0.400. The number of nitrogens with one attached hydrogen (secondary N) is 1. The normalized spacial score (nSPS) is 21.1. The van der Waals surface area contributed by atoms with Crippen molar-refractivity contribution in [3.63, 3.8) is 0 Å². The van der Waals surface area contributed by atoms with Crippen molar-refractivity contribution in [2.24, 2.45) is 0 Å². The van der Waals surface area contributed by atoms with Crippen molar-refractivity contribution in [1.82, 2.24) is 10.3 Å². The van der Waals surface area contributed by atoms with Crippen molar-refractivity contribution in [1.29, 1.82) is 0 Å². The Hall–Kier alpha value is -1.10. The third-order valence-electron chi connectivity index (χ3n) is 2.48. The van der Waals surface area contributed by atoms with Gasteiger partial charge in [-0.25, -0.2) is 4.98 Å². The molecule has 1 saturated heterocycles. The summed E-state index contributed by atoms with van der Waals surface area (Å²) in [6, 6.07) is 3.59. The van der Waals surface area contributed by atoms with E-state index in [0.29, 0.717) is 10.4 Å². The maximum atomic E-state index is 11.7. The van der Waals surface area contributed by atoms with E-state index in [1.54, 1.807) is 18.3 Å². The maximum absolute atomic E-state index is 11.7. The van der Waals surface area contributed by atoms with Crippen LogP contribution in [0.4, 0.5) is 0 Å². The van der Waals surface area contributed by atoms with Crippen molar-refractivity contribution in [3.05, 3.63) is 22.9 Å². The third kappa shape index (κ3) is 2.72. The minimum Gasteiger partial charge on any atom is -0.478 e. The number of carbonyl (C=O) groups is 1. The summed E-state index contributed by atoms with van der Waals surface area (Å²) in [5.41, 5.74) is 0. The lowest BCUT2D eigenvalue weighted by molar-refractivity contribution is -0.127. The lowest BCUT2D eigenvalue weighted by Crippen LogP contribution is -2.36. The lowest BCUT2D eigenvalue weighted by Gasteiger charge is -2.16. The van der Waals surface area contributed by atoms with E-state index in [9.17, 15) is 4.79 Å². The highest BCUT2D eigenvalue weighted by atomic mass is 79.9. The van der Waals surface area contributed by atoms with Gasteiger partial charge < -0.3 is 10.1 Å². The first-order valence-corrected chi connectivity index (χ1v) is 6.11. The van der Waals surface area contributed by atoms with Gasteiger partial charge in [-0.1, -0.05) is 0 Å². The molecule has 0 aliphatic carbocycles. The molecule has 0 saturated carbocycles. The average molecular weight is 285 g/mol. The fraction of sp³-hybridized carbons (Fsp3) is 0.455. The van der Waals surface area contributed by atoms with Crippen LogP contribution >= 0.6 is 15.9 Å². The summed E-state index contributed by atoms with van der Waals surface area (Å²) in [4.78, 5) is 15.7. The van der Waals surface area contributed by atoms with Gasteiger partial charge in [0.15, 0.2) is 11.9 Å². The molecule has 1 atom stereocenters. The van der Waals surface area contributed by atoms with Crippen LogP contribution in [-0.2, 0) is 4.79 Å². The van der Waals surface area contributed by atoms with Crippen molar-refractivity contribution < 1.29 is 9.53 Å². The molecule has 1 aromatic heterocycles. The molecule has 16 heavy (non-hydrogen) atoms. The Kier molecular flexibility index (Phi) is 3.77. The molecule has 2 heterocycles. The topological polar surface area (TPSA) is 51.2 Å².